The van der Waals surface area contributed by atoms with Gasteiger partial charge in [0.25, 0.3) is 5.91 Å². The average molecular weight is 220 g/mol. The van der Waals surface area contributed by atoms with E-state index in [-0.39, 0.29) is 0 Å². The van der Waals surface area contributed by atoms with Gasteiger partial charge in [-0.15, -0.1) is 11.3 Å². The van der Waals surface area contributed by atoms with Crippen molar-refractivity contribution >= 4 is 34.5 Å². The molecular formula is C8H10ClNO2S. The molecule has 1 aromatic heterocycles. The standard InChI is InChI=1S/C8H10ClNO2S/c1-8(2,12)7(11)10-5-3-6(9)13-4-5/h3-4,12H,1-2H3,(H,10,11). The first-order chi connectivity index (χ1) is 5.89. The lowest BCUT2D eigenvalue weighted by molar-refractivity contribution is -0.130. The summed E-state index contributed by atoms with van der Waals surface area (Å²) in [7, 11) is 0. The molecule has 0 aromatic carbocycles. The third kappa shape index (κ3) is 2.99. The topological polar surface area (TPSA) is 49.3 Å². The quantitative estimate of drug-likeness (QED) is 0.801. The van der Waals surface area contributed by atoms with Crippen molar-refractivity contribution in [2.24, 2.45) is 0 Å². The molecule has 3 nitrogen and oxygen atoms in total. The Morgan fingerprint density at radius 1 is 1.69 bits per heavy atom. The number of thiophene rings is 1. The Hall–Kier alpha value is -0.580. The predicted octanol–water partition coefficient (Wildman–Crippen LogP) is 2.11. The van der Waals surface area contributed by atoms with Gasteiger partial charge in [0, 0.05) is 5.38 Å². The smallest absolute Gasteiger partial charge is 0.255 e. The molecule has 0 aliphatic rings. The number of carbonyl (C=O) groups excluding carboxylic acids is 1. The molecule has 0 aliphatic carbocycles. The SMILES string of the molecule is CC(C)(O)C(=O)Nc1csc(Cl)c1. The van der Waals surface area contributed by atoms with Crippen molar-refractivity contribution in [1.82, 2.24) is 0 Å². The van der Waals surface area contributed by atoms with Gasteiger partial charge in [0.05, 0.1) is 10.0 Å². The van der Waals surface area contributed by atoms with Crippen molar-refractivity contribution in [1.29, 1.82) is 0 Å². The van der Waals surface area contributed by atoms with Gasteiger partial charge in [-0.1, -0.05) is 11.6 Å². The number of aliphatic hydroxyl groups is 1. The first-order valence-electron chi connectivity index (χ1n) is 3.67. The molecule has 0 bridgehead atoms. The van der Waals surface area contributed by atoms with Gasteiger partial charge in [-0.05, 0) is 19.9 Å². The van der Waals surface area contributed by atoms with E-state index in [1.165, 1.54) is 25.2 Å². The summed E-state index contributed by atoms with van der Waals surface area (Å²) in [5, 5.41) is 13.6. The molecule has 1 heterocycles. The molecule has 5 heteroatoms. The van der Waals surface area contributed by atoms with Gasteiger partial charge < -0.3 is 10.4 Å². The Bertz CT molecular complexity index is 316. The Morgan fingerprint density at radius 2 is 2.31 bits per heavy atom. The van der Waals surface area contributed by atoms with E-state index < -0.39 is 11.5 Å². The highest BCUT2D eigenvalue weighted by molar-refractivity contribution is 7.14. The van der Waals surface area contributed by atoms with Crippen LogP contribution in [0.4, 0.5) is 5.69 Å². The summed E-state index contributed by atoms with van der Waals surface area (Å²) in [6.45, 7) is 2.85. The molecule has 2 N–H and O–H groups in total. The summed E-state index contributed by atoms with van der Waals surface area (Å²) in [5.41, 5.74) is -0.754. The zero-order chi connectivity index (χ0) is 10.1. The van der Waals surface area contributed by atoms with Crippen LogP contribution in [-0.2, 0) is 4.79 Å². The summed E-state index contributed by atoms with van der Waals surface area (Å²) >= 11 is 6.99. The lowest BCUT2D eigenvalue weighted by atomic mass is 10.1. The van der Waals surface area contributed by atoms with Crippen molar-refractivity contribution in [2.45, 2.75) is 19.4 Å². The van der Waals surface area contributed by atoms with E-state index in [4.69, 9.17) is 11.6 Å². The highest BCUT2D eigenvalue weighted by Crippen LogP contribution is 2.24. The van der Waals surface area contributed by atoms with E-state index in [9.17, 15) is 9.90 Å². The van der Waals surface area contributed by atoms with Crippen LogP contribution in [0.25, 0.3) is 0 Å². The lowest BCUT2D eigenvalue weighted by Gasteiger charge is -2.15. The van der Waals surface area contributed by atoms with Gasteiger partial charge in [0.1, 0.15) is 5.60 Å². The summed E-state index contributed by atoms with van der Waals surface area (Å²) < 4.78 is 0.603. The van der Waals surface area contributed by atoms with Crippen molar-refractivity contribution in [3.63, 3.8) is 0 Å². The summed E-state index contributed by atoms with van der Waals surface area (Å²) in [4.78, 5) is 11.2. The van der Waals surface area contributed by atoms with E-state index in [1.807, 2.05) is 0 Å². The van der Waals surface area contributed by atoms with Crippen LogP contribution in [0.2, 0.25) is 4.34 Å². The van der Waals surface area contributed by atoms with Crippen molar-refractivity contribution in [3.8, 4) is 0 Å². The van der Waals surface area contributed by atoms with Gasteiger partial charge in [-0.2, -0.15) is 0 Å². The van der Waals surface area contributed by atoms with Crippen LogP contribution in [0.1, 0.15) is 13.8 Å². The molecule has 0 saturated heterocycles. The fourth-order valence-corrected chi connectivity index (χ4v) is 1.47. The largest absolute Gasteiger partial charge is 0.381 e. The summed E-state index contributed by atoms with van der Waals surface area (Å²) in [6, 6.07) is 1.63. The highest BCUT2D eigenvalue weighted by Gasteiger charge is 2.23. The first kappa shape index (κ1) is 10.5. The molecule has 0 aliphatic heterocycles. The molecule has 1 aromatic rings. The van der Waals surface area contributed by atoms with Crippen LogP contribution in [0.15, 0.2) is 11.4 Å². The molecule has 0 fully saturated rings. The van der Waals surface area contributed by atoms with E-state index in [1.54, 1.807) is 11.4 Å². The van der Waals surface area contributed by atoms with Gasteiger partial charge in [-0.3, -0.25) is 4.79 Å². The van der Waals surface area contributed by atoms with Crippen LogP contribution in [-0.4, -0.2) is 16.6 Å². The molecule has 1 amide bonds. The number of amides is 1. The number of halogens is 1. The fraction of sp³-hybridized carbons (Fsp3) is 0.375. The van der Waals surface area contributed by atoms with E-state index in [2.05, 4.69) is 5.32 Å². The number of rotatable bonds is 2. The van der Waals surface area contributed by atoms with Crippen LogP contribution in [0, 0.1) is 0 Å². The average Bonchev–Trinajstić information content (AvgIpc) is 2.33. The molecule has 0 spiro atoms. The normalized spacial score (nSPS) is 11.4. The van der Waals surface area contributed by atoms with Crippen molar-refractivity contribution < 1.29 is 9.90 Å². The summed E-state index contributed by atoms with van der Waals surface area (Å²) in [5.74, 6) is -0.443. The van der Waals surface area contributed by atoms with Crippen molar-refractivity contribution in [2.75, 3.05) is 5.32 Å². The van der Waals surface area contributed by atoms with Gasteiger partial charge in [0.15, 0.2) is 0 Å². The number of nitrogens with one attached hydrogen (secondary N) is 1. The third-order valence-electron chi connectivity index (χ3n) is 1.38. The second-order valence-electron chi connectivity index (χ2n) is 3.15. The highest BCUT2D eigenvalue weighted by atomic mass is 35.5. The summed E-state index contributed by atoms with van der Waals surface area (Å²) in [6.07, 6.45) is 0. The molecule has 72 valence electrons. The Balaban J connectivity index is 2.65. The molecule has 0 unspecified atom stereocenters. The minimum absolute atomic E-state index is 0.443. The molecular weight excluding hydrogens is 210 g/mol. The van der Waals surface area contributed by atoms with E-state index >= 15 is 0 Å². The minimum atomic E-state index is -1.37. The molecule has 1 rings (SSSR count). The molecule has 0 radical (unpaired) electrons. The van der Waals surface area contributed by atoms with Gasteiger partial charge >= 0.3 is 0 Å². The Labute approximate surface area is 85.3 Å². The zero-order valence-electron chi connectivity index (χ0n) is 7.30. The first-order valence-corrected chi connectivity index (χ1v) is 4.93. The zero-order valence-corrected chi connectivity index (χ0v) is 8.87. The lowest BCUT2D eigenvalue weighted by Crippen LogP contribution is -2.36. The fourth-order valence-electron chi connectivity index (χ4n) is 0.660. The van der Waals surface area contributed by atoms with Crippen LogP contribution < -0.4 is 5.32 Å². The number of hydrogen-bond donors (Lipinski definition) is 2. The van der Waals surface area contributed by atoms with Gasteiger partial charge in [0.2, 0.25) is 0 Å². The maximum Gasteiger partial charge on any atom is 0.255 e. The molecule has 13 heavy (non-hydrogen) atoms. The number of anilines is 1. The van der Waals surface area contributed by atoms with Crippen LogP contribution in [0.5, 0.6) is 0 Å². The maximum atomic E-state index is 11.2. The van der Waals surface area contributed by atoms with Crippen LogP contribution in [0.3, 0.4) is 0 Å². The van der Waals surface area contributed by atoms with Crippen molar-refractivity contribution in [3.05, 3.63) is 15.8 Å². The van der Waals surface area contributed by atoms with Crippen LogP contribution >= 0.6 is 22.9 Å². The van der Waals surface area contributed by atoms with E-state index in [0.717, 1.165) is 0 Å². The third-order valence-corrected chi connectivity index (χ3v) is 2.47. The molecule has 0 atom stereocenters. The second-order valence-corrected chi connectivity index (χ2v) is 4.70. The Morgan fingerprint density at radius 3 is 2.69 bits per heavy atom. The maximum absolute atomic E-state index is 11.2. The monoisotopic (exact) mass is 219 g/mol. The molecule has 0 saturated carbocycles. The Kier molecular flexibility index (Phi) is 2.95. The van der Waals surface area contributed by atoms with Gasteiger partial charge in [-0.25, -0.2) is 0 Å². The predicted molar refractivity (Wildman–Crippen MR) is 54.3 cm³/mol. The number of carbonyl (C=O) groups is 1. The second kappa shape index (κ2) is 3.65. The number of hydrogen-bond acceptors (Lipinski definition) is 3. The van der Waals surface area contributed by atoms with E-state index in [0.29, 0.717) is 10.0 Å². The minimum Gasteiger partial charge on any atom is -0.381 e.